The van der Waals surface area contributed by atoms with Gasteiger partial charge >= 0.3 is 0 Å². The van der Waals surface area contributed by atoms with Crippen LogP contribution in [0, 0.1) is 11.8 Å². The van der Waals surface area contributed by atoms with Gasteiger partial charge < -0.3 is 5.32 Å². The average molecular weight is 278 g/mol. The maximum atomic E-state index is 4.00. The fourth-order valence-electron chi connectivity index (χ4n) is 4.71. The highest BCUT2D eigenvalue weighted by molar-refractivity contribution is 5.10. The van der Waals surface area contributed by atoms with Crippen LogP contribution in [0.5, 0.6) is 0 Å². The lowest BCUT2D eigenvalue weighted by Crippen LogP contribution is -2.69. The molecule has 3 aliphatic rings. The topological polar surface area (TPSA) is 15.3 Å². The van der Waals surface area contributed by atoms with Gasteiger partial charge in [0.1, 0.15) is 0 Å². The highest BCUT2D eigenvalue weighted by Crippen LogP contribution is 2.47. The number of nitrogens with one attached hydrogen (secondary N) is 1. The fraction of sp³-hybridized carbons (Fsp3) is 1.00. The predicted molar refractivity (Wildman–Crippen MR) is 86.0 cm³/mol. The van der Waals surface area contributed by atoms with E-state index in [1.807, 2.05) is 0 Å². The van der Waals surface area contributed by atoms with Crippen LogP contribution in [0.1, 0.15) is 72.1 Å². The second-order valence-corrected chi connectivity index (χ2v) is 8.04. The van der Waals surface area contributed by atoms with E-state index in [2.05, 4.69) is 31.0 Å². The molecule has 0 aromatic rings. The van der Waals surface area contributed by atoms with Gasteiger partial charge in [-0.15, -0.1) is 0 Å². The Hall–Kier alpha value is -0.0800. The van der Waals surface area contributed by atoms with Crippen molar-refractivity contribution in [3.63, 3.8) is 0 Å². The molecule has 2 heteroatoms. The average Bonchev–Trinajstić information content (AvgIpc) is 3.23. The van der Waals surface area contributed by atoms with Crippen molar-refractivity contribution in [2.75, 3.05) is 19.6 Å². The zero-order chi connectivity index (χ0) is 14.2. The third-order valence-corrected chi connectivity index (χ3v) is 6.69. The van der Waals surface area contributed by atoms with Crippen LogP contribution in [-0.4, -0.2) is 35.6 Å². The number of hydrogen-bond acceptors (Lipinski definition) is 2. The Morgan fingerprint density at radius 1 is 1.15 bits per heavy atom. The number of nitrogens with zero attached hydrogens (tertiary/aromatic N) is 1. The van der Waals surface area contributed by atoms with E-state index in [1.54, 1.807) is 0 Å². The molecule has 1 aliphatic heterocycles. The van der Waals surface area contributed by atoms with E-state index in [0.717, 1.165) is 11.8 Å². The number of rotatable bonds is 5. The molecule has 2 saturated carbocycles. The highest BCUT2D eigenvalue weighted by Gasteiger charge is 2.52. The van der Waals surface area contributed by atoms with Gasteiger partial charge in [0.25, 0.3) is 0 Å². The van der Waals surface area contributed by atoms with Crippen LogP contribution < -0.4 is 5.32 Å². The van der Waals surface area contributed by atoms with Gasteiger partial charge in [-0.3, -0.25) is 4.90 Å². The summed E-state index contributed by atoms with van der Waals surface area (Å²) in [6.45, 7) is 11.2. The minimum atomic E-state index is 0.441. The Kier molecular flexibility index (Phi) is 4.16. The molecule has 1 unspecified atom stereocenters. The molecule has 1 heterocycles. The van der Waals surface area contributed by atoms with Crippen LogP contribution in [0.25, 0.3) is 0 Å². The molecule has 1 spiro atoms. The van der Waals surface area contributed by atoms with Crippen molar-refractivity contribution in [1.29, 1.82) is 0 Å². The van der Waals surface area contributed by atoms with Crippen LogP contribution in [0.15, 0.2) is 0 Å². The van der Waals surface area contributed by atoms with Crippen molar-refractivity contribution in [3.8, 4) is 0 Å². The molecule has 0 bridgehead atoms. The minimum Gasteiger partial charge on any atom is -0.308 e. The molecule has 20 heavy (non-hydrogen) atoms. The summed E-state index contributed by atoms with van der Waals surface area (Å²) in [5.41, 5.74) is 0.914. The molecule has 1 atom stereocenters. The first-order valence-electron chi connectivity index (χ1n) is 9.12. The lowest BCUT2D eigenvalue weighted by atomic mass is 9.82. The highest BCUT2D eigenvalue weighted by atomic mass is 15.3. The van der Waals surface area contributed by atoms with Crippen LogP contribution >= 0.6 is 0 Å². The van der Waals surface area contributed by atoms with Crippen LogP contribution in [0.4, 0.5) is 0 Å². The maximum absolute atomic E-state index is 4.00. The third-order valence-electron chi connectivity index (χ3n) is 6.69. The molecule has 1 saturated heterocycles. The first-order chi connectivity index (χ1) is 9.62. The van der Waals surface area contributed by atoms with E-state index in [0.29, 0.717) is 11.1 Å². The van der Waals surface area contributed by atoms with Gasteiger partial charge in [0, 0.05) is 30.7 Å². The summed E-state index contributed by atoms with van der Waals surface area (Å²) in [6.07, 6.45) is 11.3. The van der Waals surface area contributed by atoms with E-state index in [4.69, 9.17) is 0 Å². The monoisotopic (exact) mass is 278 g/mol. The molecule has 116 valence electrons. The molecule has 2 nitrogen and oxygen atoms in total. The van der Waals surface area contributed by atoms with Gasteiger partial charge in [-0.2, -0.15) is 0 Å². The zero-order valence-corrected chi connectivity index (χ0v) is 13.9. The molecule has 1 N–H and O–H groups in total. The Morgan fingerprint density at radius 2 is 1.80 bits per heavy atom. The van der Waals surface area contributed by atoms with Gasteiger partial charge in [-0.1, -0.05) is 39.5 Å². The quantitative estimate of drug-likeness (QED) is 0.822. The molecule has 3 fully saturated rings. The normalized spacial score (nSPS) is 34.2. The van der Waals surface area contributed by atoms with E-state index in [1.165, 1.54) is 71.0 Å². The maximum Gasteiger partial charge on any atom is 0.0335 e. The Balaban J connectivity index is 1.75. The summed E-state index contributed by atoms with van der Waals surface area (Å²) in [7, 11) is 0. The summed E-state index contributed by atoms with van der Waals surface area (Å²) >= 11 is 0. The summed E-state index contributed by atoms with van der Waals surface area (Å²) in [6, 6.07) is 0. The second kappa shape index (κ2) is 5.61. The second-order valence-electron chi connectivity index (χ2n) is 8.04. The Labute approximate surface area is 125 Å². The first-order valence-corrected chi connectivity index (χ1v) is 9.12. The van der Waals surface area contributed by atoms with E-state index < -0.39 is 0 Å². The predicted octanol–water partition coefficient (Wildman–Crippen LogP) is 3.81. The van der Waals surface area contributed by atoms with Crippen LogP contribution in [0.2, 0.25) is 0 Å². The zero-order valence-electron chi connectivity index (χ0n) is 13.9. The van der Waals surface area contributed by atoms with E-state index in [-0.39, 0.29) is 0 Å². The van der Waals surface area contributed by atoms with Crippen molar-refractivity contribution in [2.24, 2.45) is 11.8 Å². The first kappa shape index (κ1) is 14.8. The lowest BCUT2D eigenvalue weighted by Gasteiger charge is -2.54. The number of piperazine rings is 1. The molecule has 3 rings (SSSR count). The van der Waals surface area contributed by atoms with Crippen LogP contribution in [0.3, 0.4) is 0 Å². The molecule has 0 amide bonds. The van der Waals surface area contributed by atoms with Crippen molar-refractivity contribution < 1.29 is 0 Å². The van der Waals surface area contributed by atoms with Gasteiger partial charge in [0.05, 0.1) is 0 Å². The van der Waals surface area contributed by atoms with Crippen molar-refractivity contribution in [3.05, 3.63) is 0 Å². The summed E-state index contributed by atoms with van der Waals surface area (Å²) < 4.78 is 0. The molecular weight excluding hydrogens is 244 g/mol. The van der Waals surface area contributed by atoms with Crippen molar-refractivity contribution >= 4 is 0 Å². The third kappa shape index (κ3) is 2.66. The largest absolute Gasteiger partial charge is 0.308 e. The van der Waals surface area contributed by atoms with Gasteiger partial charge in [-0.05, 0) is 44.4 Å². The number of hydrogen-bond donors (Lipinski definition) is 1. The van der Waals surface area contributed by atoms with Gasteiger partial charge in [0.15, 0.2) is 0 Å². The minimum absolute atomic E-state index is 0.441. The van der Waals surface area contributed by atoms with E-state index >= 15 is 0 Å². The fourth-order valence-corrected chi connectivity index (χ4v) is 4.71. The lowest BCUT2D eigenvalue weighted by molar-refractivity contribution is -0.00886. The Morgan fingerprint density at radius 3 is 2.35 bits per heavy atom. The summed E-state index contributed by atoms with van der Waals surface area (Å²) in [4.78, 5) is 2.92. The van der Waals surface area contributed by atoms with Crippen molar-refractivity contribution in [2.45, 2.75) is 83.2 Å². The molecule has 0 aromatic carbocycles. The van der Waals surface area contributed by atoms with Gasteiger partial charge in [-0.25, -0.2) is 0 Å². The van der Waals surface area contributed by atoms with E-state index in [9.17, 15) is 0 Å². The molecule has 0 aromatic heterocycles. The summed E-state index contributed by atoms with van der Waals surface area (Å²) in [5.74, 6) is 1.85. The molecule has 2 aliphatic carbocycles. The van der Waals surface area contributed by atoms with Crippen LogP contribution in [-0.2, 0) is 0 Å². The molecule has 0 radical (unpaired) electrons. The Bertz CT molecular complexity index is 326. The molecular formula is C18H34N2. The standard InChI is InChI=1S/C18H34N2/c1-4-15(5-2)12-20-14-18(10-6-7-11-18)19-13-17(20,3)16-8-9-16/h15-16,19H,4-14H2,1-3H3. The smallest absolute Gasteiger partial charge is 0.0335 e. The van der Waals surface area contributed by atoms with Crippen molar-refractivity contribution in [1.82, 2.24) is 10.2 Å². The SMILES string of the molecule is CCC(CC)CN1CC2(CCCC2)NCC1(C)C1CC1. The summed E-state index contributed by atoms with van der Waals surface area (Å²) in [5, 5.41) is 4.00. The van der Waals surface area contributed by atoms with Gasteiger partial charge in [0.2, 0.25) is 0 Å².